The Bertz CT molecular complexity index is 406. The molecule has 21 heavy (non-hydrogen) atoms. The Kier molecular flexibility index (Phi) is 6.29. The monoisotopic (exact) mass is 287 g/mol. The summed E-state index contributed by atoms with van der Waals surface area (Å²) in [6.45, 7) is 10.4. The molecule has 1 aromatic rings. The van der Waals surface area contributed by atoms with E-state index in [1.54, 1.807) is 0 Å². The Balaban J connectivity index is 2.00. The van der Waals surface area contributed by atoms with Gasteiger partial charge in [-0.15, -0.1) is 0 Å². The van der Waals surface area contributed by atoms with Gasteiger partial charge in [-0.3, -0.25) is 0 Å². The Morgan fingerprint density at radius 2 is 1.86 bits per heavy atom. The second-order valence-corrected chi connectivity index (χ2v) is 7.34. The number of hydrogen-bond donors (Lipinski definition) is 1. The van der Waals surface area contributed by atoms with Crippen LogP contribution in [0.1, 0.15) is 70.4 Å². The normalized spacial score (nSPS) is 23.7. The molecule has 0 radical (unpaired) electrons. The molecular weight excluding hydrogens is 254 g/mol. The molecule has 1 aliphatic rings. The molecule has 0 aliphatic heterocycles. The third-order valence-electron chi connectivity index (χ3n) is 5.06. The van der Waals surface area contributed by atoms with Gasteiger partial charge >= 0.3 is 0 Å². The minimum absolute atomic E-state index is 0.628. The van der Waals surface area contributed by atoms with Crippen molar-refractivity contribution in [3.63, 3.8) is 0 Å². The maximum atomic E-state index is 3.82. The van der Waals surface area contributed by atoms with E-state index in [9.17, 15) is 0 Å². The first-order chi connectivity index (χ1) is 10.1. The van der Waals surface area contributed by atoms with E-state index in [1.807, 2.05) is 0 Å². The van der Waals surface area contributed by atoms with Crippen LogP contribution in [0, 0.1) is 11.8 Å². The molecule has 1 saturated carbocycles. The summed E-state index contributed by atoms with van der Waals surface area (Å²) in [4.78, 5) is 0. The van der Waals surface area contributed by atoms with Gasteiger partial charge < -0.3 is 5.32 Å². The average Bonchev–Trinajstić information content (AvgIpc) is 2.90. The first-order valence-corrected chi connectivity index (χ1v) is 8.92. The molecule has 1 fully saturated rings. The lowest BCUT2D eigenvalue weighted by molar-refractivity contribution is 0.348. The summed E-state index contributed by atoms with van der Waals surface area (Å²) in [5.41, 5.74) is 2.94. The highest BCUT2D eigenvalue weighted by Gasteiger charge is 2.28. The minimum Gasteiger partial charge on any atom is -0.313 e. The van der Waals surface area contributed by atoms with Crippen molar-refractivity contribution in [1.29, 1.82) is 0 Å². The Morgan fingerprint density at radius 1 is 1.14 bits per heavy atom. The summed E-state index contributed by atoms with van der Waals surface area (Å²) >= 11 is 0. The van der Waals surface area contributed by atoms with E-state index < -0.39 is 0 Å². The second-order valence-electron chi connectivity index (χ2n) is 7.34. The lowest BCUT2D eigenvalue weighted by Gasteiger charge is -2.25. The molecule has 3 atom stereocenters. The van der Waals surface area contributed by atoms with Gasteiger partial charge in [-0.05, 0) is 61.1 Å². The highest BCUT2D eigenvalue weighted by molar-refractivity contribution is 5.25. The summed E-state index contributed by atoms with van der Waals surface area (Å²) in [6.07, 6.45) is 6.65. The van der Waals surface area contributed by atoms with Crippen molar-refractivity contribution in [1.82, 2.24) is 5.32 Å². The van der Waals surface area contributed by atoms with Gasteiger partial charge in [-0.25, -0.2) is 0 Å². The molecule has 0 spiro atoms. The number of hydrogen-bond acceptors (Lipinski definition) is 1. The van der Waals surface area contributed by atoms with Crippen molar-refractivity contribution < 1.29 is 0 Å². The van der Waals surface area contributed by atoms with Crippen molar-refractivity contribution in [2.75, 3.05) is 6.54 Å². The second kappa shape index (κ2) is 7.98. The molecule has 3 unspecified atom stereocenters. The fourth-order valence-electron chi connectivity index (χ4n) is 3.64. The average molecular weight is 287 g/mol. The van der Waals surface area contributed by atoms with Gasteiger partial charge in [0, 0.05) is 6.04 Å². The van der Waals surface area contributed by atoms with Crippen LogP contribution in [0.5, 0.6) is 0 Å². The van der Waals surface area contributed by atoms with Crippen LogP contribution in [-0.4, -0.2) is 12.6 Å². The van der Waals surface area contributed by atoms with Crippen molar-refractivity contribution in [2.24, 2.45) is 11.8 Å². The summed E-state index contributed by atoms with van der Waals surface area (Å²) < 4.78 is 0. The van der Waals surface area contributed by atoms with E-state index in [-0.39, 0.29) is 0 Å². The SMILES string of the molecule is CCCNC(Cc1ccc(C(C)C)cc1)C1CCC(C)C1. The Labute approximate surface area is 131 Å². The van der Waals surface area contributed by atoms with E-state index in [1.165, 1.54) is 43.2 Å². The molecule has 0 aromatic heterocycles. The zero-order valence-electron chi connectivity index (χ0n) is 14.4. The molecule has 1 aliphatic carbocycles. The first kappa shape index (κ1) is 16.5. The van der Waals surface area contributed by atoms with Crippen LogP contribution in [-0.2, 0) is 6.42 Å². The lowest BCUT2D eigenvalue weighted by Crippen LogP contribution is -2.37. The molecule has 1 N–H and O–H groups in total. The van der Waals surface area contributed by atoms with Crippen molar-refractivity contribution in [2.45, 2.75) is 71.8 Å². The third kappa shape index (κ3) is 4.85. The van der Waals surface area contributed by atoms with Crippen LogP contribution in [0.15, 0.2) is 24.3 Å². The summed E-state index contributed by atoms with van der Waals surface area (Å²) in [7, 11) is 0. The number of benzene rings is 1. The molecule has 0 amide bonds. The van der Waals surface area contributed by atoms with Crippen molar-refractivity contribution in [3.8, 4) is 0 Å². The third-order valence-corrected chi connectivity index (χ3v) is 5.06. The summed E-state index contributed by atoms with van der Waals surface area (Å²) in [6, 6.07) is 9.98. The van der Waals surface area contributed by atoms with Crippen molar-refractivity contribution >= 4 is 0 Å². The summed E-state index contributed by atoms with van der Waals surface area (Å²) in [5, 5.41) is 3.82. The maximum absolute atomic E-state index is 3.82. The van der Waals surface area contributed by atoms with E-state index in [0.717, 1.165) is 18.4 Å². The van der Waals surface area contributed by atoms with Gasteiger partial charge in [-0.2, -0.15) is 0 Å². The van der Waals surface area contributed by atoms with Gasteiger partial charge in [0.15, 0.2) is 0 Å². The Hall–Kier alpha value is -0.820. The van der Waals surface area contributed by atoms with E-state index >= 15 is 0 Å². The first-order valence-electron chi connectivity index (χ1n) is 8.92. The zero-order valence-corrected chi connectivity index (χ0v) is 14.4. The maximum Gasteiger partial charge on any atom is 0.0136 e. The fraction of sp³-hybridized carbons (Fsp3) is 0.700. The van der Waals surface area contributed by atoms with Crippen LogP contribution in [0.25, 0.3) is 0 Å². The Morgan fingerprint density at radius 3 is 2.38 bits per heavy atom. The number of rotatable bonds is 7. The van der Waals surface area contributed by atoms with E-state index in [0.29, 0.717) is 12.0 Å². The zero-order chi connectivity index (χ0) is 15.2. The van der Waals surface area contributed by atoms with Crippen LogP contribution >= 0.6 is 0 Å². The largest absolute Gasteiger partial charge is 0.313 e. The molecule has 0 saturated heterocycles. The fourth-order valence-corrected chi connectivity index (χ4v) is 3.64. The topological polar surface area (TPSA) is 12.0 Å². The van der Waals surface area contributed by atoms with Crippen LogP contribution in [0.3, 0.4) is 0 Å². The van der Waals surface area contributed by atoms with E-state index in [2.05, 4.69) is 57.3 Å². The lowest BCUT2D eigenvalue weighted by atomic mass is 9.90. The van der Waals surface area contributed by atoms with E-state index in [4.69, 9.17) is 0 Å². The molecule has 0 bridgehead atoms. The van der Waals surface area contributed by atoms with Gasteiger partial charge in [0.05, 0.1) is 0 Å². The highest BCUT2D eigenvalue weighted by atomic mass is 14.9. The molecule has 1 aromatic carbocycles. The van der Waals surface area contributed by atoms with Crippen LogP contribution in [0.2, 0.25) is 0 Å². The van der Waals surface area contributed by atoms with Crippen LogP contribution < -0.4 is 5.32 Å². The molecule has 1 nitrogen and oxygen atoms in total. The highest BCUT2D eigenvalue weighted by Crippen LogP contribution is 2.33. The molecule has 118 valence electrons. The van der Waals surface area contributed by atoms with Gasteiger partial charge in [0.2, 0.25) is 0 Å². The van der Waals surface area contributed by atoms with Crippen LogP contribution in [0.4, 0.5) is 0 Å². The van der Waals surface area contributed by atoms with Gasteiger partial charge in [-0.1, -0.05) is 58.4 Å². The quantitative estimate of drug-likeness (QED) is 0.730. The smallest absolute Gasteiger partial charge is 0.0136 e. The standard InChI is InChI=1S/C20H33N/c1-5-12-21-20(19-9-6-16(4)13-19)14-17-7-10-18(11-8-17)15(2)3/h7-8,10-11,15-16,19-21H,5-6,9,12-14H2,1-4H3. The van der Waals surface area contributed by atoms with Crippen molar-refractivity contribution in [3.05, 3.63) is 35.4 Å². The minimum atomic E-state index is 0.628. The summed E-state index contributed by atoms with van der Waals surface area (Å²) in [5.74, 6) is 2.42. The molecule has 2 rings (SSSR count). The molecule has 1 heteroatoms. The predicted molar refractivity (Wildman–Crippen MR) is 92.8 cm³/mol. The molecule has 0 heterocycles. The molecular formula is C20H33N. The van der Waals surface area contributed by atoms with Gasteiger partial charge in [0.1, 0.15) is 0 Å². The predicted octanol–water partition coefficient (Wildman–Crippen LogP) is 5.16. The number of nitrogens with one attached hydrogen (secondary N) is 1. The van der Waals surface area contributed by atoms with Gasteiger partial charge in [0.25, 0.3) is 0 Å².